The summed E-state index contributed by atoms with van der Waals surface area (Å²) in [5.74, 6) is -1.32. The Kier molecular flexibility index (Phi) is 4.05. The minimum Gasteiger partial charge on any atom is -0.481 e. The van der Waals surface area contributed by atoms with E-state index in [0.29, 0.717) is 5.56 Å². The molecule has 0 unspecified atom stereocenters. The number of aromatic nitrogens is 1. The highest BCUT2D eigenvalue weighted by atomic mass is 35.5. The summed E-state index contributed by atoms with van der Waals surface area (Å²) in [6, 6.07) is 2.92. The maximum atomic E-state index is 11.4. The fraction of sp³-hybridized carbons (Fsp3) is 0.222. The number of carboxylic acids is 1. The molecule has 15 heavy (non-hydrogen) atoms. The molecule has 1 amide bonds. The largest absolute Gasteiger partial charge is 0.481 e. The Morgan fingerprint density at radius 2 is 2.27 bits per heavy atom. The normalized spacial score (nSPS) is 9.67. The van der Waals surface area contributed by atoms with Gasteiger partial charge in [0.1, 0.15) is 5.15 Å². The summed E-state index contributed by atoms with van der Waals surface area (Å²) >= 11 is 5.59. The van der Waals surface area contributed by atoms with Gasteiger partial charge in [0, 0.05) is 18.3 Å². The molecule has 1 heterocycles. The summed E-state index contributed by atoms with van der Waals surface area (Å²) in [4.78, 5) is 25.3. The quantitative estimate of drug-likeness (QED) is 0.752. The Hall–Kier alpha value is -1.62. The number of hydrogen-bond acceptors (Lipinski definition) is 3. The molecule has 6 heteroatoms. The highest BCUT2D eigenvalue weighted by molar-refractivity contribution is 6.29. The topological polar surface area (TPSA) is 79.3 Å². The lowest BCUT2D eigenvalue weighted by Gasteiger charge is -2.02. The van der Waals surface area contributed by atoms with Crippen LogP contribution in [0.2, 0.25) is 5.15 Å². The highest BCUT2D eigenvalue weighted by Gasteiger charge is 2.06. The zero-order valence-corrected chi connectivity index (χ0v) is 8.49. The van der Waals surface area contributed by atoms with Crippen molar-refractivity contribution in [2.24, 2.45) is 0 Å². The second kappa shape index (κ2) is 5.31. The summed E-state index contributed by atoms with van der Waals surface area (Å²) < 4.78 is 0. The first-order valence-electron chi connectivity index (χ1n) is 4.21. The average Bonchev–Trinajstić information content (AvgIpc) is 2.17. The molecule has 0 spiro atoms. The van der Waals surface area contributed by atoms with Crippen LogP contribution in [0.4, 0.5) is 0 Å². The van der Waals surface area contributed by atoms with Crippen LogP contribution in [0.25, 0.3) is 0 Å². The molecule has 0 aliphatic heterocycles. The Labute approximate surface area is 91.1 Å². The molecule has 0 atom stereocenters. The van der Waals surface area contributed by atoms with Gasteiger partial charge in [0.2, 0.25) is 0 Å². The van der Waals surface area contributed by atoms with Crippen LogP contribution in [0, 0.1) is 0 Å². The number of rotatable bonds is 4. The van der Waals surface area contributed by atoms with Crippen LogP contribution in [0.3, 0.4) is 0 Å². The van der Waals surface area contributed by atoms with Gasteiger partial charge in [-0.15, -0.1) is 0 Å². The van der Waals surface area contributed by atoms with Crippen molar-refractivity contribution in [1.82, 2.24) is 10.3 Å². The minimum atomic E-state index is -0.955. The standard InChI is InChI=1S/C9H9ClN2O3/c10-7-5-6(1-3-11-7)9(15)12-4-2-8(13)14/h1,3,5H,2,4H2,(H,12,15)(H,13,14). The summed E-state index contributed by atoms with van der Waals surface area (Å²) in [6.07, 6.45) is 1.30. The lowest BCUT2D eigenvalue weighted by molar-refractivity contribution is -0.136. The van der Waals surface area contributed by atoms with Crippen LogP contribution in [-0.4, -0.2) is 28.5 Å². The molecule has 0 radical (unpaired) electrons. The van der Waals surface area contributed by atoms with E-state index in [-0.39, 0.29) is 24.0 Å². The summed E-state index contributed by atoms with van der Waals surface area (Å²) in [5, 5.41) is 11.0. The molecule has 0 aliphatic rings. The van der Waals surface area contributed by atoms with Gasteiger partial charge in [-0.3, -0.25) is 9.59 Å². The zero-order chi connectivity index (χ0) is 11.3. The molecule has 1 rings (SSSR count). The van der Waals surface area contributed by atoms with Crippen molar-refractivity contribution in [2.75, 3.05) is 6.54 Å². The van der Waals surface area contributed by atoms with E-state index in [1.165, 1.54) is 18.3 Å². The lowest BCUT2D eigenvalue weighted by atomic mass is 10.2. The molecule has 5 nitrogen and oxygen atoms in total. The average molecular weight is 229 g/mol. The van der Waals surface area contributed by atoms with Crippen molar-refractivity contribution < 1.29 is 14.7 Å². The molecule has 2 N–H and O–H groups in total. The van der Waals surface area contributed by atoms with Crippen molar-refractivity contribution in [3.8, 4) is 0 Å². The number of carbonyl (C=O) groups excluding carboxylic acids is 1. The molecule has 80 valence electrons. The molecule has 0 aliphatic carbocycles. The van der Waals surface area contributed by atoms with E-state index >= 15 is 0 Å². The number of halogens is 1. The molecular formula is C9H9ClN2O3. The lowest BCUT2D eigenvalue weighted by Crippen LogP contribution is -2.25. The first-order valence-corrected chi connectivity index (χ1v) is 4.59. The molecule has 0 saturated carbocycles. The molecular weight excluding hydrogens is 220 g/mol. The van der Waals surface area contributed by atoms with Crippen LogP contribution >= 0.6 is 11.6 Å². The maximum Gasteiger partial charge on any atom is 0.305 e. The molecule has 0 aromatic carbocycles. The van der Waals surface area contributed by atoms with Crippen molar-refractivity contribution in [3.63, 3.8) is 0 Å². The van der Waals surface area contributed by atoms with Gasteiger partial charge >= 0.3 is 5.97 Å². The van der Waals surface area contributed by atoms with Gasteiger partial charge in [0.15, 0.2) is 0 Å². The number of pyridine rings is 1. The number of hydrogen-bond donors (Lipinski definition) is 2. The summed E-state index contributed by atoms with van der Waals surface area (Å²) in [5.41, 5.74) is 0.361. The molecule has 1 aromatic rings. The van der Waals surface area contributed by atoms with E-state index < -0.39 is 5.97 Å². The maximum absolute atomic E-state index is 11.4. The predicted molar refractivity (Wildman–Crippen MR) is 53.8 cm³/mol. The first-order chi connectivity index (χ1) is 7.09. The number of nitrogens with one attached hydrogen (secondary N) is 1. The molecule has 1 aromatic heterocycles. The van der Waals surface area contributed by atoms with Crippen molar-refractivity contribution in [3.05, 3.63) is 29.0 Å². The second-order valence-electron chi connectivity index (χ2n) is 2.77. The fourth-order valence-electron chi connectivity index (χ4n) is 0.929. The SMILES string of the molecule is O=C(O)CCNC(=O)c1ccnc(Cl)c1. The Balaban J connectivity index is 2.50. The number of nitrogens with zero attached hydrogens (tertiary/aromatic N) is 1. The van der Waals surface area contributed by atoms with Gasteiger partial charge in [-0.1, -0.05) is 11.6 Å². The first kappa shape index (κ1) is 11.5. The predicted octanol–water partition coefficient (Wildman–Crippen LogP) is 0.940. The number of carboxylic acid groups (broad SMARTS) is 1. The molecule has 0 fully saturated rings. The van der Waals surface area contributed by atoms with Crippen LogP contribution < -0.4 is 5.32 Å². The van der Waals surface area contributed by atoms with E-state index in [1.54, 1.807) is 0 Å². The van der Waals surface area contributed by atoms with Gasteiger partial charge in [0.05, 0.1) is 6.42 Å². The van der Waals surface area contributed by atoms with Crippen LogP contribution in [-0.2, 0) is 4.79 Å². The van der Waals surface area contributed by atoms with Crippen LogP contribution in [0.1, 0.15) is 16.8 Å². The highest BCUT2D eigenvalue weighted by Crippen LogP contribution is 2.06. The monoisotopic (exact) mass is 228 g/mol. The smallest absolute Gasteiger partial charge is 0.305 e. The minimum absolute atomic E-state index is 0.0914. The Morgan fingerprint density at radius 1 is 1.53 bits per heavy atom. The van der Waals surface area contributed by atoms with Gasteiger partial charge in [-0.25, -0.2) is 4.98 Å². The third-order valence-electron chi connectivity index (χ3n) is 1.61. The van der Waals surface area contributed by atoms with Crippen molar-refractivity contribution in [2.45, 2.75) is 6.42 Å². The fourth-order valence-corrected chi connectivity index (χ4v) is 1.10. The van der Waals surface area contributed by atoms with Crippen molar-refractivity contribution >= 4 is 23.5 Å². The molecule has 0 bridgehead atoms. The van der Waals surface area contributed by atoms with Crippen LogP contribution in [0.15, 0.2) is 18.3 Å². The van der Waals surface area contributed by atoms with Gasteiger partial charge in [-0.2, -0.15) is 0 Å². The van der Waals surface area contributed by atoms with E-state index in [9.17, 15) is 9.59 Å². The number of aliphatic carboxylic acids is 1. The van der Waals surface area contributed by atoms with Crippen LogP contribution in [0.5, 0.6) is 0 Å². The summed E-state index contributed by atoms with van der Waals surface area (Å²) in [6.45, 7) is 0.0914. The zero-order valence-electron chi connectivity index (χ0n) is 7.74. The van der Waals surface area contributed by atoms with E-state index in [1.807, 2.05) is 0 Å². The van der Waals surface area contributed by atoms with E-state index in [0.717, 1.165) is 0 Å². The van der Waals surface area contributed by atoms with E-state index in [4.69, 9.17) is 16.7 Å². The summed E-state index contributed by atoms with van der Waals surface area (Å²) in [7, 11) is 0. The second-order valence-corrected chi connectivity index (χ2v) is 3.15. The van der Waals surface area contributed by atoms with Gasteiger partial charge in [-0.05, 0) is 12.1 Å². The third-order valence-corrected chi connectivity index (χ3v) is 1.82. The Bertz CT molecular complexity index is 381. The molecule has 0 saturated heterocycles. The van der Waals surface area contributed by atoms with E-state index in [2.05, 4.69) is 10.3 Å². The third kappa shape index (κ3) is 3.95. The number of amides is 1. The van der Waals surface area contributed by atoms with Gasteiger partial charge in [0.25, 0.3) is 5.91 Å². The van der Waals surface area contributed by atoms with Crippen molar-refractivity contribution in [1.29, 1.82) is 0 Å². The Morgan fingerprint density at radius 3 is 2.87 bits per heavy atom. The van der Waals surface area contributed by atoms with Gasteiger partial charge < -0.3 is 10.4 Å². The number of carbonyl (C=O) groups is 2.